The number of ether oxygens (including phenoxy) is 1. The molecule has 0 aliphatic rings. The first-order valence-electron chi connectivity index (χ1n) is 5.47. The third-order valence-corrected chi connectivity index (χ3v) is 3.30. The predicted octanol–water partition coefficient (Wildman–Crippen LogP) is 3.12. The molecule has 0 bridgehead atoms. The zero-order valence-electron chi connectivity index (χ0n) is 9.92. The molecule has 0 amide bonds. The zero-order valence-corrected chi connectivity index (χ0v) is 11.5. The maximum absolute atomic E-state index is 6.19. The molecule has 1 aromatic carbocycles. The standard InChI is InChI=1S/C12H9ClN4OS/c1-18-8-4-2-7(3-5-8)9-6-10-14-15-12(19)17(10)16-11(9)13/h2-6H,1H3,(H,15,19). The monoisotopic (exact) mass is 292 g/mol. The average molecular weight is 293 g/mol. The lowest BCUT2D eigenvalue weighted by atomic mass is 10.1. The van der Waals surface area contributed by atoms with Crippen LogP contribution in [0.2, 0.25) is 5.15 Å². The molecule has 2 aromatic heterocycles. The first-order valence-corrected chi connectivity index (χ1v) is 6.26. The van der Waals surface area contributed by atoms with E-state index in [0.717, 1.165) is 16.9 Å². The van der Waals surface area contributed by atoms with Crippen molar-refractivity contribution in [2.24, 2.45) is 0 Å². The number of nitrogens with one attached hydrogen (secondary N) is 1. The molecule has 0 aliphatic carbocycles. The number of benzene rings is 1. The summed E-state index contributed by atoms with van der Waals surface area (Å²) in [6, 6.07) is 9.40. The van der Waals surface area contributed by atoms with Crippen LogP contribution in [0.4, 0.5) is 0 Å². The molecule has 96 valence electrons. The lowest BCUT2D eigenvalue weighted by molar-refractivity contribution is 0.415. The molecule has 0 saturated carbocycles. The van der Waals surface area contributed by atoms with Crippen LogP contribution in [0.3, 0.4) is 0 Å². The van der Waals surface area contributed by atoms with Gasteiger partial charge in [0.1, 0.15) is 5.75 Å². The van der Waals surface area contributed by atoms with Gasteiger partial charge >= 0.3 is 0 Å². The second-order valence-corrected chi connectivity index (χ2v) is 4.62. The van der Waals surface area contributed by atoms with Gasteiger partial charge in [-0.05, 0) is 36.0 Å². The third kappa shape index (κ3) is 2.09. The molecule has 0 atom stereocenters. The molecule has 3 aromatic rings. The summed E-state index contributed by atoms with van der Waals surface area (Å²) in [6.07, 6.45) is 0. The topological polar surface area (TPSA) is 55.2 Å². The Hall–Kier alpha value is -1.92. The predicted molar refractivity (Wildman–Crippen MR) is 75.2 cm³/mol. The van der Waals surface area contributed by atoms with Gasteiger partial charge in [-0.25, -0.2) is 5.10 Å². The van der Waals surface area contributed by atoms with Crippen LogP contribution in [-0.2, 0) is 0 Å². The van der Waals surface area contributed by atoms with Gasteiger partial charge in [0, 0.05) is 5.56 Å². The van der Waals surface area contributed by atoms with Gasteiger partial charge in [0.15, 0.2) is 10.8 Å². The molecule has 0 radical (unpaired) electrons. The maximum atomic E-state index is 6.19. The smallest absolute Gasteiger partial charge is 0.216 e. The number of aromatic nitrogens is 4. The van der Waals surface area contributed by atoms with E-state index in [1.165, 1.54) is 4.52 Å². The van der Waals surface area contributed by atoms with Gasteiger partial charge in [0.2, 0.25) is 4.77 Å². The van der Waals surface area contributed by atoms with Gasteiger partial charge in [-0.1, -0.05) is 23.7 Å². The van der Waals surface area contributed by atoms with E-state index in [9.17, 15) is 0 Å². The van der Waals surface area contributed by atoms with Crippen LogP contribution in [0.15, 0.2) is 30.3 Å². The molecule has 0 spiro atoms. The Kier molecular flexibility index (Phi) is 2.96. The molecule has 2 heterocycles. The highest BCUT2D eigenvalue weighted by Crippen LogP contribution is 2.28. The fraction of sp³-hybridized carbons (Fsp3) is 0.0833. The van der Waals surface area contributed by atoms with Crippen LogP contribution in [-0.4, -0.2) is 26.9 Å². The van der Waals surface area contributed by atoms with Crippen molar-refractivity contribution >= 4 is 29.5 Å². The maximum Gasteiger partial charge on any atom is 0.216 e. The van der Waals surface area contributed by atoms with Crippen LogP contribution in [0.25, 0.3) is 16.8 Å². The molecule has 19 heavy (non-hydrogen) atoms. The fourth-order valence-corrected chi connectivity index (χ4v) is 2.22. The number of methoxy groups -OCH3 is 1. The largest absolute Gasteiger partial charge is 0.497 e. The van der Waals surface area contributed by atoms with E-state index < -0.39 is 0 Å². The second-order valence-electron chi connectivity index (χ2n) is 3.88. The molecular weight excluding hydrogens is 284 g/mol. The molecule has 0 aliphatic heterocycles. The molecular formula is C12H9ClN4OS. The fourth-order valence-electron chi connectivity index (χ4n) is 1.80. The van der Waals surface area contributed by atoms with E-state index in [1.807, 2.05) is 30.3 Å². The van der Waals surface area contributed by atoms with Crippen LogP contribution < -0.4 is 4.74 Å². The van der Waals surface area contributed by atoms with Crippen molar-refractivity contribution in [3.8, 4) is 16.9 Å². The summed E-state index contributed by atoms with van der Waals surface area (Å²) in [6.45, 7) is 0. The molecule has 0 unspecified atom stereocenters. The zero-order chi connectivity index (χ0) is 13.4. The lowest BCUT2D eigenvalue weighted by Crippen LogP contribution is -1.94. The van der Waals surface area contributed by atoms with E-state index in [1.54, 1.807) is 7.11 Å². The number of fused-ring (bicyclic) bond motifs is 1. The van der Waals surface area contributed by atoms with E-state index in [2.05, 4.69) is 15.3 Å². The number of halogens is 1. The highest BCUT2D eigenvalue weighted by molar-refractivity contribution is 7.71. The van der Waals surface area contributed by atoms with Crippen LogP contribution in [0, 0.1) is 4.77 Å². The Balaban J connectivity index is 2.18. The van der Waals surface area contributed by atoms with Crippen LogP contribution in [0.5, 0.6) is 5.75 Å². The molecule has 5 nitrogen and oxygen atoms in total. The van der Waals surface area contributed by atoms with Gasteiger partial charge in [-0.15, -0.1) is 0 Å². The summed E-state index contributed by atoms with van der Waals surface area (Å²) in [4.78, 5) is 0. The molecule has 0 fully saturated rings. The number of hydrogen-bond acceptors (Lipinski definition) is 4. The van der Waals surface area contributed by atoms with Gasteiger partial charge in [0.05, 0.1) is 7.11 Å². The summed E-state index contributed by atoms with van der Waals surface area (Å²) < 4.78 is 7.03. The summed E-state index contributed by atoms with van der Waals surface area (Å²) in [5.41, 5.74) is 2.36. The number of H-pyrrole nitrogens is 1. The Morgan fingerprint density at radius 2 is 2.05 bits per heavy atom. The number of aromatic amines is 1. The van der Waals surface area contributed by atoms with E-state index in [0.29, 0.717) is 15.6 Å². The number of rotatable bonds is 2. The van der Waals surface area contributed by atoms with E-state index >= 15 is 0 Å². The molecule has 3 rings (SSSR count). The normalized spacial score (nSPS) is 10.8. The highest BCUT2D eigenvalue weighted by atomic mass is 35.5. The van der Waals surface area contributed by atoms with Crippen molar-refractivity contribution in [2.75, 3.05) is 7.11 Å². The second kappa shape index (κ2) is 4.64. The van der Waals surface area contributed by atoms with Crippen LogP contribution >= 0.6 is 23.8 Å². The Bertz CT molecular complexity index is 794. The van der Waals surface area contributed by atoms with Crippen molar-refractivity contribution in [3.63, 3.8) is 0 Å². The van der Waals surface area contributed by atoms with Crippen molar-refractivity contribution in [1.82, 2.24) is 19.8 Å². The lowest BCUT2D eigenvalue weighted by Gasteiger charge is -2.05. The molecule has 7 heteroatoms. The summed E-state index contributed by atoms with van der Waals surface area (Å²) in [5, 5.41) is 11.3. The van der Waals surface area contributed by atoms with Crippen molar-refractivity contribution in [3.05, 3.63) is 40.3 Å². The molecule has 0 saturated heterocycles. The van der Waals surface area contributed by atoms with Crippen molar-refractivity contribution in [2.45, 2.75) is 0 Å². The first-order chi connectivity index (χ1) is 9.19. The van der Waals surface area contributed by atoms with Gasteiger partial charge in [-0.2, -0.15) is 14.7 Å². The third-order valence-electron chi connectivity index (χ3n) is 2.76. The van der Waals surface area contributed by atoms with Crippen molar-refractivity contribution in [1.29, 1.82) is 0 Å². The number of hydrogen-bond donors (Lipinski definition) is 1. The minimum atomic E-state index is 0.371. The minimum absolute atomic E-state index is 0.371. The SMILES string of the molecule is COc1ccc(-c2cc3n[nH]c(=S)n3nc2Cl)cc1. The van der Waals surface area contributed by atoms with E-state index in [-0.39, 0.29) is 0 Å². The summed E-state index contributed by atoms with van der Waals surface area (Å²) >= 11 is 11.2. The minimum Gasteiger partial charge on any atom is -0.497 e. The van der Waals surface area contributed by atoms with Crippen LogP contribution in [0.1, 0.15) is 0 Å². The Morgan fingerprint density at radius 3 is 2.74 bits per heavy atom. The van der Waals surface area contributed by atoms with Gasteiger partial charge in [0.25, 0.3) is 0 Å². The average Bonchev–Trinajstić information content (AvgIpc) is 2.79. The summed E-state index contributed by atoms with van der Waals surface area (Å²) in [7, 11) is 1.63. The highest BCUT2D eigenvalue weighted by Gasteiger charge is 2.09. The quantitative estimate of drug-likeness (QED) is 0.737. The first kappa shape index (κ1) is 12.1. The summed E-state index contributed by atoms with van der Waals surface area (Å²) in [5.74, 6) is 0.788. The Morgan fingerprint density at radius 1 is 1.32 bits per heavy atom. The number of nitrogens with zero attached hydrogens (tertiary/aromatic N) is 3. The van der Waals surface area contributed by atoms with E-state index in [4.69, 9.17) is 28.6 Å². The van der Waals surface area contributed by atoms with Crippen molar-refractivity contribution < 1.29 is 4.74 Å². The van der Waals surface area contributed by atoms with Gasteiger partial charge in [-0.3, -0.25) is 0 Å². The molecule has 1 N–H and O–H groups in total. The Labute approximate surface area is 118 Å². The van der Waals surface area contributed by atoms with Gasteiger partial charge < -0.3 is 4.74 Å².